The average Bonchev–Trinajstić information content (AvgIpc) is 3.19. The van der Waals surface area contributed by atoms with Gasteiger partial charge in [-0.2, -0.15) is 0 Å². The van der Waals surface area contributed by atoms with Crippen LogP contribution in [0.25, 0.3) is 0 Å². The molecule has 0 bridgehead atoms. The number of carbonyl (C=O) groups is 3. The number of nitrogens with one attached hydrogen (secondary N) is 1. The first-order valence-corrected chi connectivity index (χ1v) is 9.95. The zero-order chi connectivity index (χ0) is 19.9. The van der Waals surface area contributed by atoms with E-state index in [0.717, 1.165) is 10.5 Å². The van der Waals surface area contributed by atoms with Gasteiger partial charge in [-0.05, 0) is 36.8 Å². The van der Waals surface area contributed by atoms with Crippen LogP contribution in [0.4, 0.5) is 11.4 Å². The summed E-state index contributed by atoms with van der Waals surface area (Å²) in [5.41, 5.74) is 2.01. The van der Waals surface area contributed by atoms with Gasteiger partial charge in [0.05, 0.1) is 5.69 Å². The topological polar surface area (TPSA) is 75.7 Å². The molecule has 2 aliphatic rings. The van der Waals surface area contributed by atoms with Crippen molar-refractivity contribution >= 4 is 52.5 Å². The largest absolute Gasteiger partial charge is 0.453 e. The number of esters is 1. The fourth-order valence-electron chi connectivity index (χ4n) is 3.45. The summed E-state index contributed by atoms with van der Waals surface area (Å²) in [4.78, 5) is 38.8. The first-order valence-electron chi connectivity index (χ1n) is 8.76. The lowest BCUT2D eigenvalue weighted by Crippen LogP contribution is -2.48. The minimum absolute atomic E-state index is 0.117. The average molecular weight is 417 g/mol. The van der Waals surface area contributed by atoms with Crippen molar-refractivity contribution in [1.82, 2.24) is 0 Å². The first kappa shape index (κ1) is 18.8. The van der Waals surface area contributed by atoms with Crippen LogP contribution in [0.15, 0.2) is 47.4 Å². The first-order chi connectivity index (χ1) is 13.4. The maximum atomic E-state index is 12.9. The number of halogens is 1. The number of para-hydroxylation sites is 1. The van der Waals surface area contributed by atoms with E-state index in [1.807, 2.05) is 24.3 Å². The van der Waals surface area contributed by atoms with Gasteiger partial charge in [0.15, 0.2) is 11.5 Å². The fraction of sp³-hybridized carbons (Fsp3) is 0.250. The van der Waals surface area contributed by atoms with Crippen LogP contribution in [0.1, 0.15) is 18.4 Å². The Morgan fingerprint density at radius 3 is 2.86 bits per heavy atom. The van der Waals surface area contributed by atoms with Crippen molar-refractivity contribution in [2.75, 3.05) is 16.8 Å². The predicted molar refractivity (Wildman–Crippen MR) is 108 cm³/mol. The molecular formula is C20H17ClN2O4S. The standard InChI is InChI=1S/C20H17ClN2O4S/c1-12-13(21)5-4-6-14(12)22-17(24)11-27-19(26)20-10-9-18(25)23(20)15-7-2-3-8-16(15)28-20/h2-8H,9-11H2,1H3,(H,22,24). The van der Waals surface area contributed by atoms with Crippen molar-refractivity contribution in [3.8, 4) is 0 Å². The minimum Gasteiger partial charge on any atom is -0.453 e. The number of nitrogens with zero attached hydrogens (tertiary/aromatic N) is 1. The minimum atomic E-state index is -1.13. The van der Waals surface area contributed by atoms with Crippen LogP contribution in [0.2, 0.25) is 5.02 Å². The maximum absolute atomic E-state index is 12.9. The molecular weight excluding hydrogens is 400 g/mol. The zero-order valence-corrected chi connectivity index (χ0v) is 16.6. The van der Waals surface area contributed by atoms with Gasteiger partial charge in [-0.15, -0.1) is 0 Å². The normalized spacial score (nSPS) is 19.9. The van der Waals surface area contributed by atoms with Gasteiger partial charge in [0, 0.05) is 28.4 Å². The van der Waals surface area contributed by atoms with Gasteiger partial charge in [-0.1, -0.05) is 41.6 Å². The Bertz CT molecular complexity index is 996. The molecule has 1 fully saturated rings. The molecule has 1 atom stereocenters. The summed E-state index contributed by atoms with van der Waals surface area (Å²) in [6.07, 6.45) is 0.614. The summed E-state index contributed by atoms with van der Waals surface area (Å²) in [6, 6.07) is 12.5. The Hall–Kier alpha value is -2.51. The van der Waals surface area contributed by atoms with Crippen molar-refractivity contribution in [2.24, 2.45) is 0 Å². The monoisotopic (exact) mass is 416 g/mol. The molecule has 1 saturated heterocycles. The van der Waals surface area contributed by atoms with Gasteiger partial charge in [-0.25, -0.2) is 4.79 Å². The number of rotatable bonds is 4. The number of benzene rings is 2. The predicted octanol–water partition coefficient (Wildman–Crippen LogP) is 3.76. The third-order valence-corrected chi connectivity index (χ3v) is 6.73. The maximum Gasteiger partial charge on any atom is 0.344 e. The van der Waals surface area contributed by atoms with Gasteiger partial charge in [-0.3, -0.25) is 14.5 Å². The summed E-state index contributed by atoms with van der Waals surface area (Å²) in [5, 5.41) is 3.23. The zero-order valence-electron chi connectivity index (χ0n) is 15.0. The van der Waals surface area contributed by atoms with E-state index in [4.69, 9.17) is 16.3 Å². The smallest absolute Gasteiger partial charge is 0.344 e. The highest BCUT2D eigenvalue weighted by Crippen LogP contribution is 2.56. The van der Waals surface area contributed by atoms with E-state index in [2.05, 4.69) is 5.32 Å². The molecule has 2 aromatic rings. The molecule has 6 nitrogen and oxygen atoms in total. The van der Waals surface area contributed by atoms with E-state index in [1.54, 1.807) is 25.1 Å². The number of thioether (sulfide) groups is 1. The van der Waals surface area contributed by atoms with E-state index >= 15 is 0 Å². The molecule has 1 unspecified atom stereocenters. The highest BCUT2D eigenvalue weighted by molar-refractivity contribution is 8.02. The second kappa shape index (κ2) is 7.14. The summed E-state index contributed by atoms with van der Waals surface area (Å²) >= 11 is 7.36. The highest BCUT2D eigenvalue weighted by Gasteiger charge is 2.58. The van der Waals surface area contributed by atoms with E-state index in [-0.39, 0.29) is 12.3 Å². The summed E-state index contributed by atoms with van der Waals surface area (Å²) in [6.45, 7) is 1.35. The lowest BCUT2D eigenvalue weighted by atomic mass is 10.2. The van der Waals surface area contributed by atoms with Gasteiger partial charge >= 0.3 is 5.97 Å². The molecule has 0 saturated carbocycles. The number of anilines is 2. The Balaban J connectivity index is 1.46. The van der Waals surface area contributed by atoms with E-state index < -0.39 is 23.4 Å². The number of ether oxygens (including phenoxy) is 1. The van der Waals surface area contributed by atoms with Crippen molar-refractivity contribution < 1.29 is 19.1 Å². The quantitative estimate of drug-likeness (QED) is 0.768. The molecule has 0 aliphatic carbocycles. The van der Waals surface area contributed by atoms with Crippen molar-refractivity contribution in [2.45, 2.75) is 29.5 Å². The van der Waals surface area contributed by atoms with E-state index in [0.29, 0.717) is 22.8 Å². The molecule has 4 rings (SSSR count). The van der Waals surface area contributed by atoms with E-state index in [1.165, 1.54) is 16.7 Å². The van der Waals surface area contributed by atoms with Crippen LogP contribution in [0.5, 0.6) is 0 Å². The molecule has 1 N–H and O–H groups in total. The second-order valence-corrected chi connectivity index (χ2v) is 8.35. The number of fused-ring (bicyclic) bond motifs is 3. The Labute approximate surface area is 171 Å². The number of amides is 2. The van der Waals surface area contributed by atoms with E-state index in [9.17, 15) is 14.4 Å². The summed E-state index contributed by atoms with van der Waals surface area (Å²) in [7, 11) is 0. The van der Waals surface area contributed by atoms with Gasteiger partial charge in [0.25, 0.3) is 5.91 Å². The van der Waals surface area contributed by atoms with Crippen molar-refractivity contribution in [1.29, 1.82) is 0 Å². The molecule has 0 spiro atoms. The van der Waals surface area contributed by atoms with Crippen LogP contribution in [-0.2, 0) is 19.1 Å². The SMILES string of the molecule is Cc1c(Cl)cccc1NC(=O)COC(=O)C12CCC(=O)N1c1ccccc1S2. The van der Waals surface area contributed by atoms with Gasteiger partial charge in [0.2, 0.25) is 5.91 Å². The van der Waals surface area contributed by atoms with Crippen LogP contribution in [0.3, 0.4) is 0 Å². The molecule has 2 amide bonds. The molecule has 2 aromatic carbocycles. The third kappa shape index (κ3) is 3.04. The molecule has 8 heteroatoms. The van der Waals surface area contributed by atoms with Gasteiger partial charge in [0.1, 0.15) is 0 Å². The van der Waals surface area contributed by atoms with Crippen LogP contribution in [-0.4, -0.2) is 29.3 Å². The van der Waals surface area contributed by atoms with Crippen molar-refractivity contribution in [3.63, 3.8) is 0 Å². The van der Waals surface area contributed by atoms with Crippen molar-refractivity contribution in [3.05, 3.63) is 53.1 Å². The number of hydrogen-bond acceptors (Lipinski definition) is 5. The molecule has 28 heavy (non-hydrogen) atoms. The molecule has 2 aliphatic heterocycles. The molecule has 0 radical (unpaired) electrons. The van der Waals surface area contributed by atoms with Crippen LogP contribution in [0, 0.1) is 6.92 Å². The Morgan fingerprint density at radius 1 is 1.25 bits per heavy atom. The summed E-state index contributed by atoms with van der Waals surface area (Å²) < 4.78 is 5.32. The van der Waals surface area contributed by atoms with Crippen LogP contribution < -0.4 is 10.2 Å². The Kier molecular flexibility index (Phi) is 4.81. The highest BCUT2D eigenvalue weighted by atomic mass is 35.5. The number of hydrogen-bond donors (Lipinski definition) is 1. The fourth-order valence-corrected chi connectivity index (χ4v) is 5.03. The summed E-state index contributed by atoms with van der Waals surface area (Å²) in [5.74, 6) is -1.17. The van der Waals surface area contributed by atoms with Crippen LogP contribution >= 0.6 is 23.4 Å². The molecule has 2 heterocycles. The third-order valence-electron chi connectivity index (χ3n) is 4.87. The molecule has 0 aromatic heterocycles. The second-order valence-electron chi connectivity index (χ2n) is 6.62. The lowest BCUT2D eigenvalue weighted by molar-refractivity contribution is -0.149. The lowest BCUT2D eigenvalue weighted by Gasteiger charge is -2.28. The molecule has 144 valence electrons. The Morgan fingerprint density at radius 2 is 2.04 bits per heavy atom. The number of carbonyl (C=O) groups excluding carboxylic acids is 3. The van der Waals surface area contributed by atoms with Gasteiger partial charge < -0.3 is 10.1 Å².